The van der Waals surface area contributed by atoms with E-state index in [1.54, 1.807) is 0 Å². The minimum Gasteiger partial charge on any atom is -0.345 e. The molecule has 1 amide bonds. The Kier molecular flexibility index (Phi) is 7.64. The Hall–Kier alpha value is -0.580. The Morgan fingerprint density at radius 3 is 2.42 bits per heavy atom. The van der Waals surface area contributed by atoms with Crippen LogP contribution >= 0.6 is 28.3 Å². The highest BCUT2D eigenvalue weighted by molar-refractivity contribution is 9.10. The van der Waals surface area contributed by atoms with Crippen LogP contribution in [0, 0.1) is 6.92 Å². The maximum Gasteiger partial charge on any atom is 0.252 e. The first-order valence-corrected chi connectivity index (χ1v) is 7.06. The zero-order chi connectivity index (χ0) is 13.8. The average Bonchev–Trinajstić information content (AvgIpc) is 2.38. The molecule has 19 heavy (non-hydrogen) atoms. The highest BCUT2D eigenvalue weighted by Crippen LogP contribution is 2.19. The van der Waals surface area contributed by atoms with Gasteiger partial charge in [-0.1, -0.05) is 35.8 Å². The summed E-state index contributed by atoms with van der Waals surface area (Å²) in [4.78, 5) is 12.3. The molecule has 0 aliphatic carbocycles. The fourth-order valence-corrected chi connectivity index (χ4v) is 2.27. The van der Waals surface area contributed by atoms with E-state index in [0.29, 0.717) is 12.1 Å². The molecule has 0 fully saturated rings. The fourth-order valence-electron chi connectivity index (χ4n) is 1.91. The molecule has 1 rings (SSSR count). The first-order valence-electron chi connectivity index (χ1n) is 6.26. The van der Waals surface area contributed by atoms with Gasteiger partial charge in [-0.15, -0.1) is 12.4 Å². The van der Waals surface area contributed by atoms with E-state index in [0.717, 1.165) is 22.9 Å². The van der Waals surface area contributed by atoms with Gasteiger partial charge in [0, 0.05) is 16.6 Å². The van der Waals surface area contributed by atoms with Crippen LogP contribution in [0.25, 0.3) is 0 Å². The van der Waals surface area contributed by atoms with Crippen LogP contribution in [-0.2, 0) is 0 Å². The Morgan fingerprint density at radius 2 is 1.95 bits per heavy atom. The van der Waals surface area contributed by atoms with Gasteiger partial charge in [0.2, 0.25) is 0 Å². The number of rotatable bonds is 5. The second-order valence-electron chi connectivity index (χ2n) is 4.60. The molecule has 0 bridgehead atoms. The van der Waals surface area contributed by atoms with Gasteiger partial charge in [0.1, 0.15) is 0 Å². The van der Waals surface area contributed by atoms with Crippen molar-refractivity contribution >= 4 is 34.2 Å². The number of carbonyl (C=O) groups is 1. The minimum absolute atomic E-state index is 0. The number of hydrogen-bond acceptors (Lipinski definition) is 2. The number of aryl methyl sites for hydroxylation is 1. The first kappa shape index (κ1) is 18.4. The van der Waals surface area contributed by atoms with Crippen molar-refractivity contribution in [3.63, 3.8) is 0 Å². The van der Waals surface area contributed by atoms with Crippen molar-refractivity contribution in [2.45, 2.75) is 39.2 Å². The highest BCUT2D eigenvalue weighted by Gasteiger charge is 2.27. The Balaban J connectivity index is 0.00000324. The molecule has 0 unspecified atom stereocenters. The van der Waals surface area contributed by atoms with Gasteiger partial charge in [0.15, 0.2) is 0 Å². The van der Waals surface area contributed by atoms with Crippen LogP contribution in [-0.4, -0.2) is 18.0 Å². The van der Waals surface area contributed by atoms with Gasteiger partial charge in [0.25, 0.3) is 5.91 Å². The van der Waals surface area contributed by atoms with Crippen molar-refractivity contribution in [3.8, 4) is 0 Å². The van der Waals surface area contributed by atoms with Crippen LogP contribution in [0.5, 0.6) is 0 Å². The average molecular weight is 350 g/mol. The summed E-state index contributed by atoms with van der Waals surface area (Å²) in [5, 5.41) is 3.08. The zero-order valence-electron chi connectivity index (χ0n) is 11.6. The van der Waals surface area contributed by atoms with Gasteiger partial charge in [0.05, 0.1) is 5.54 Å². The summed E-state index contributed by atoms with van der Waals surface area (Å²) in [6.45, 7) is 6.48. The summed E-state index contributed by atoms with van der Waals surface area (Å²) in [5.41, 5.74) is 7.16. The van der Waals surface area contributed by atoms with Crippen molar-refractivity contribution in [1.82, 2.24) is 5.32 Å². The van der Waals surface area contributed by atoms with Gasteiger partial charge >= 0.3 is 0 Å². The van der Waals surface area contributed by atoms with Crippen LogP contribution in [0.3, 0.4) is 0 Å². The molecule has 1 aromatic rings. The van der Waals surface area contributed by atoms with Crippen molar-refractivity contribution < 1.29 is 4.79 Å². The first-order chi connectivity index (χ1) is 8.48. The van der Waals surface area contributed by atoms with E-state index in [4.69, 9.17) is 5.73 Å². The molecule has 0 saturated heterocycles. The molecule has 0 spiro atoms. The van der Waals surface area contributed by atoms with Gasteiger partial charge < -0.3 is 11.1 Å². The van der Waals surface area contributed by atoms with Crippen molar-refractivity contribution in [2.24, 2.45) is 5.73 Å². The minimum atomic E-state index is -0.300. The van der Waals surface area contributed by atoms with E-state index in [9.17, 15) is 4.79 Å². The lowest BCUT2D eigenvalue weighted by atomic mass is 9.92. The predicted octanol–water partition coefficient (Wildman–Crippen LogP) is 3.43. The van der Waals surface area contributed by atoms with Gasteiger partial charge in [-0.05, 0) is 37.5 Å². The van der Waals surface area contributed by atoms with Gasteiger partial charge in [-0.3, -0.25) is 4.79 Å². The SMILES string of the molecule is CCC(CC)(CN)NC(=O)c1cc(Br)ccc1C.Cl. The van der Waals surface area contributed by atoms with Crippen molar-refractivity contribution in [2.75, 3.05) is 6.54 Å². The lowest BCUT2D eigenvalue weighted by Crippen LogP contribution is -2.53. The molecular formula is C14H22BrClN2O. The molecule has 0 radical (unpaired) electrons. The fraction of sp³-hybridized carbons (Fsp3) is 0.500. The lowest BCUT2D eigenvalue weighted by molar-refractivity contribution is 0.0894. The number of halogens is 2. The summed E-state index contributed by atoms with van der Waals surface area (Å²) in [6, 6.07) is 5.71. The molecule has 0 aromatic heterocycles. The van der Waals surface area contributed by atoms with E-state index >= 15 is 0 Å². The third-order valence-corrected chi connectivity index (χ3v) is 4.06. The number of benzene rings is 1. The molecule has 0 aliphatic rings. The molecule has 0 heterocycles. The monoisotopic (exact) mass is 348 g/mol. The van der Waals surface area contributed by atoms with Gasteiger partial charge in [-0.25, -0.2) is 0 Å². The Labute approximate surface area is 129 Å². The molecule has 108 valence electrons. The summed E-state index contributed by atoms with van der Waals surface area (Å²) in [7, 11) is 0. The summed E-state index contributed by atoms with van der Waals surface area (Å²) in [6.07, 6.45) is 1.66. The normalized spacial score (nSPS) is 10.8. The third kappa shape index (κ3) is 4.48. The number of nitrogens with two attached hydrogens (primary N) is 1. The Morgan fingerprint density at radius 1 is 1.37 bits per heavy atom. The lowest BCUT2D eigenvalue weighted by Gasteiger charge is -2.31. The van der Waals surface area contributed by atoms with Crippen LogP contribution < -0.4 is 11.1 Å². The summed E-state index contributed by atoms with van der Waals surface area (Å²) >= 11 is 3.39. The van der Waals surface area contributed by atoms with E-state index < -0.39 is 0 Å². The predicted molar refractivity (Wildman–Crippen MR) is 86.0 cm³/mol. The van der Waals surface area contributed by atoms with E-state index in [1.807, 2.05) is 39.0 Å². The van der Waals surface area contributed by atoms with Crippen LogP contribution in [0.4, 0.5) is 0 Å². The van der Waals surface area contributed by atoms with E-state index in [-0.39, 0.29) is 23.9 Å². The topological polar surface area (TPSA) is 55.1 Å². The highest BCUT2D eigenvalue weighted by atomic mass is 79.9. The van der Waals surface area contributed by atoms with Crippen molar-refractivity contribution in [1.29, 1.82) is 0 Å². The van der Waals surface area contributed by atoms with Crippen LogP contribution in [0.1, 0.15) is 42.6 Å². The molecule has 3 N–H and O–H groups in total. The van der Waals surface area contributed by atoms with Crippen LogP contribution in [0.2, 0.25) is 0 Å². The van der Waals surface area contributed by atoms with Gasteiger partial charge in [-0.2, -0.15) is 0 Å². The molecular weight excluding hydrogens is 328 g/mol. The van der Waals surface area contributed by atoms with Crippen molar-refractivity contribution in [3.05, 3.63) is 33.8 Å². The molecule has 0 saturated carbocycles. The maximum absolute atomic E-state index is 12.3. The maximum atomic E-state index is 12.3. The van der Waals surface area contributed by atoms with E-state index in [1.165, 1.54) is 0 Å². The number of amides is 1. The standard InChI is InChI=1S/C14H21BrN2O.ClH/c1-4-14(5-2,9-16)17-13(18)12-8-11(15)7-6-10(12)3;/h6-8H,4-5,9,16H2,1-3H3,(H,17,18);1H. The summed E-state index contributed by atoms with van der Waals surface area (Å²) < 4.78 is 0.907. The number of carbonyl (C=O) groups excluding carboxylic acids is 1. The largest absolute Gasteiger partial charge is 0.345 e. The molecule has 3 nitrogen and oxygen atoms in total. The third-order valence-electron chi connectivity index (χ3n) is 3.57. The second kappa shape index (κ2) is 7.88. The molecule has 0 aliphatic heterocycles. The zero-order valence-corrected chi connectivity index (χ0v) is 14.0. The Bertz CT molecular complexity index is 425. The van der Waals surface area contributed by atoms with E-state index in [2.05, 4.69) is 21.2 Å². The number of hydrogen-bond donors (Lipinski definition) is 2. The molecule has 5 heteroatoms. The molecule has 1 aromatic carbocycles. The smallest absolute Gasteiger partial charge is 0.252 e. The van der Waals surface area contributed by atoms with Crippen LogP contribution in [0.15, 0.2) is 22.7 Å². The molecule has 0 atom stereocenters. The quantitative estimate of drug-likeness (QED) is 0.855. The number of nitrogens with one attached hydrogen (secondary N) is 1. The summed E-state index contributed by atoms with van der Waals surface area (Å²) in [5.74, 6) is -0.0528. The second-order valence-corrected chi connectivity index (χ2v) is 5.52.